The van der Waals surface area contributed by atoms with Crippen LogP contribution in [0.25, 0.3) is 12.2 Å². The van der Waals surface area contributed by atoms with Crippen molar-refractivity contribution in [2.24, 2.45) is 5.18 Å². The Labute approximate surface area is 248 Å². The van der Waals surface area contributed by atoms with Gasteiger partial charge in [-0.1, -0.05) is 71.7 Å². The molecule has 0 aromatic heterocycles. The van der Waals surface area contributed by atoms with Crippen LogP contribution in [-0.4, -0.2) is 47.8 Å². The molecule has 0 spiro atoms. The molecule has 4 rings (SSSR count). The molecule has 2 amide bonds. The number of amides is 2. The minimum Gasteiger partial charge on any atom is -0.336 e. The van der Waals surface area contributed by atoms with E-state index in [0.717, 1.165) is 0 Å². The number of halogens is 5. The second-order valence-corrected chi connectivity index (χ2v) is 10.2. The van der Waals surface area contributed by atoms with Gasteiger partial charge in [0, 0.05) is 30.7 Å². The SMILES string of the molecule is O=Nc1ccc(/C=C2\CN(C(=O)[C@H](Cc3ccccc3)NC(=O)C(F)(F)F)C/C(=C\c3ccc(Cl)c(Cl)c3)C2=O)cc1. The molecule has 12 heteroatoms. The Kier molecular flexibility index (Phi) is 9.59. The number of benzene rings is 3. The molecule has 1 aliphatic heterocycles. The van der Waals surface area contributed by atoms with Crippen molar-refractivity contribution in [2.45, 2.75) is 18.6 Å². The molecule has 3 aromatic carbocycles. The Hall–Kier alpha value is -4.28. The molecule has 7 nitrogen and oxygen atoms in total. The standard InChI is InChI=1S/C30H22Cl2F3N3O4/c31-24-11-8-20(14-25(24)32)13-22-17-38(16-21(27(22)39)12-19-6-9-23(37-42)10-7-19)28(40)26(36-29(41)30(33,34)35)15-18-4-2-1-3-5-18/h1-14,26H,15-17H2,(H,36,41)/b21-12+,22-13+/t26-/m0/s1. The quantitative estimate of drug-likeness (QED) is 0.240. The maximum absolute atomic E-state index is 13.7. The van der Waals surface area contributed by atoms with Crippen LogP contribution in [0.4, 0.5) is 18.9 Å². The molecule has 0 unspecified atom stereocenters. The Morgan fingerprint density at radius 3 is 2.07 bits per heavy atom. The van der Waals surface area contributed by atoms with Crippen molar-refractivity contribution in [1.29, 1.82) is 0 Å². The van der Waals surface area contributed by atoms with E-state index in [9.17, 15) is 32.5 Å². The first-order valence-corrected chi connectivity index (χ1v) is 13.2. The number of Topliss-reactive ketones (excluding diaryl/α,β-unsaturated/α-hetero) is 1. The summed E-state index contributed by atoms with van der Waals surface area (Å²) < 4.78 is 39.5. The monoisotopic (exact) mass is 615 g/mol. The van der Waals surface area contributed by atoms with Gasteiger partial charge >= 0.3 is 12.1 Å². The number of carbonyl (C=O) groups is 3. The van der Waals surface area contributed by atoms with Crippen LogP contribution in [0.1, 0.15) is 16.7 Å². The smallest absolute Gasteiger partial charge is 0.336 e. The highest BCUT2D eigenvalue weighted by molar-refractivity contribution is 6.42. The van der Waals surface area contributed by atoms with Gasteiger partial charge in [-0.05, 0) is 58.3 Å². The fourth-order valence-electron chi connectivity index (χ4n) is 4.34. The highest BCUT2D eigenvalue weighted by atomic mass is 35.5. The van der Waals surface area contributed by atoms with Crippen LogP contribution in [0, 0.1) is 4.91 Å². The average molecular weight is 616 g/mol. The number of rotatable bonds is 7. The zero-order valence-electron chi connectivity index (χ0n) is 21.7. The van der Waals surface area contributed by atoms with Gasteiger partial charge in [0.25, 0.3) is 0 Å². The molecule has 0 saturated carbocycles. The summed E-state index contributed by atoms with van der Waals surface area (Å²) in [6.45, 7) is -0.479. The highest BCUT2D eigenvalue weighted by Crippen LogP contribution is 2.27. The molecule has 1 atom stereocenters. The molecule has 0 radical (unpaired) electrons. The Balaban J connectivity index is 1.73. The lowest BCUT2D eigenvalue weighted by Crippen LogP contribution is -2.54. The van der Waals surface area contributed by atoms with Gasteiger partial charge in [-0.3, -0.25) is 14.4 Å². The number of ketones is 1. The molecule has 1 heterocycles. The van der Waals surface area contributed by atoms with Crippen molar-refractivity contribution in [3.8, 4) is 0 Å². The second-order valence-electron chi connectivity index (χ2n) is 9.43. The van der Waals surface area contributed by atoms with Gasteiger partial charge in [0.05, 0.1) is 10.0 Å². The molecule has 1 fully saturated rings. The van der Waals surface area contributed by atoms with Gasteiger partial charge in [0.1, 0.15) is 11.7 Å². The first-order chi connectivity index (χ1) is 19.9. The molecule has 1 saturated heterocycles. The van der Waals surface area contributed by atoms with E-state index >= 15 is 0 Å². The molecule has 0 bridgehead atoms. The van der Waals surface area contributed by atoms with Crippen LogP contribution >= 0.6 is 23.2 Å². The summed E-state index contributed by atoms with van der Waals surface area (Å²) >= 11 is 12.1. The van der Waals surface area contributed by atoms with Gasteiger partial charge in [-0.2, -0.15) is 13.2 Å². The van der Waals surface area contributed by atoms with Crippen LogP contribution in [0.5, 0.6) is 0 Å². The number of likely N-dealkylation sites (tertiary alicyclic amines) is 1. The first-order valence-electron chi connectivity index (χ1n) is 12.5. The molecule has 0 aliphatic carbocycles. The minimum absolute atomic E-state index is 0.158. The maximum Gasteiger partial charge on any atom is 0.471 e. The van der Waals surface area contributed by atoms with Crippen LogP contribution in [0.15, 0.2) is 89.1 Å². The number of nitroso groups, excluding NO2 is 1. The van der Waals surface area contributed by atoms with Crippen LogP contribution < -0.4 is 5.32 Å². The summed E-state index contributed by atoms with van der Waals surface area (Å²) in [6.07, 6.45) is -2.39. The number of hydrogen-bond acceptors (Lipinski definition) is 5. The van der Waals surface area contributed by atoms with Gasteiger partial charge in [0.15, 0.2) is 5.78 Å². The molecule has 42 heavy (non-hydrogen) atoms. The van der Waals surface area contributed by atoms with Gasteiger partial charge < -0.3 is 10.2 Å². The van der Waals surface area contributed by atoms with Crippen molar-refractivity contribution < 1.29 is 27.6 Å². The summed E-state index contributed by atoms with van der Waals surface area (Å²) in [6, 6.07) is 17.4. The summed E-state index contributed by atoms with van der Waals surface area (Å²) in [4.78, 5) is 51.2. The maximum atomic E-state index is 13.7. The first kappa shape index (κ1) is 30.7. The summed E-state index contributed by atoms with van der Waals surface area (Å²) in [5.41, 5.74) is 2.06. The fourth-order valence-corrected chi connectivity index (χ4v) is 4.65. The van der Waals surface area contributed by atoms with E-state index in [2.05, 4.69) is 5.18 Å². The van der Waals surface area contributed by atoms with E-state index in [1.54, 1.807) is 48.5 Å². The average Bonchev–Trinajstić information content (AvgIpc) is 2.96. The third kappa shape index (κ3) is 7.71. The molecule has 1 N–H and O–H groups in total. The zero-order chi connectivity index (χ0) is 30.4. The van der Waals surface area contributed by atoms with Crippen molar-refractivity contribution in [1.82, 2.24) is 10.2 Å². The lowest BCUT2D eigenvalue weighted by atomic mass is 9.93. The lowest BCUT2D eigenvalue weighted by Gasteiger charge is -2.33. The number of hydrogen-bond donors (Lipinski definition) is 1. The van der Waals surface area contributed by atoms with Crippen molar-refractivity contribution in [3.05, 3.63) is 116 Å². The number of nitrogens with one attached hydrogen (secondary N) is 1. The van der Waals surface area contributed by atoms with Gasteiger partial charge in [-0.25, -0.2) is 0 Å². The van der Waals surface area contributed by atoms with Crippen molar-refractivity contribution >= 4 is 58.6 Å². The molecule has 1 aliphatic rings. The molecular formula is C30H22Cl2F3N3O4. The second kappa shape index (κ2) is 13.1. The predicted molar refractivity (Wildman–Crippen MR) is 154 cm³/mol. The molecule has 216 valence electrons. The van der Waals surface area contributed by atoms with E-state index in [1.165, 1.54) is 41.3 Å². The predicted octanol–water partition coefficient (Wildman–Crippen LogP) is 6.56. The number of carbonyl (C=O) groups excluding carboxylic acids is 3. The van der Waals surface area contributed by atoms with Gasteiger partial charge in [-0.15, -0.1) is 4.91 Å². The third-order valence-corrected chi connectivity index (χ3v) is 7.12. The number of piperidine rings is 1. The van der Waals surface area contributed by atoms with E-state index < -0.39 is 29.8 Å². The third-order valence-electron chi connectivity index (χ3n) is 6.38. The van der Waals surface area contributed by atoms with Crippen LogP contribution in [0.3, 0.4) is 0 Å². The highest BCUT2D eigenvalue weighted by Gasteiger charge is 2.42. The van der Waals surface area contributed by atoms with Gasteiger partial charge in [0.2, 0.25) is 5.91 Å². The normalized spacial score (nSPS) is 16.4. The largest absolute Gasteiger partial charge is 0.471 e. The zero-order valence-corrected chi connectivity index (χ0v) is 23.2. The lowest BCUT2D eigenvalue weighted by molar-refractivity contribution is -0.175. The Morgan fingerprint density at radius 1 is 0.905 bits per heavy atom. The molecule has 3 aromatic rings. The fraction of sp³-hybridized carbons (Fsp3) is 0.167. The molecular weight excluding hydrogens is 594 g/mol. The Bertz CT molecular complexity index is 1570. The Morgan fingerprint density at radius 2 is 1.50 bits per heavy atom. The van der Waals surface area contributed by atoms with Crippen LogP contribution in [-0.2, 0) is 20.8 Å². The van der Waals surface area contributed by atoms with E-state index in [-0.39, 0.29) is 41.4 Å². The number of nitrogens with zero attached hydrogens (tertiary/aromatic N) is 2. The summed E-state index contributed by atoms with van der Waals surface area (Å²) in [7, 11) is 0. The van der Waals surface area contributed by atoms with E-state index in [1.807, 2.05) is 5.32 Å². The number of alkyl halides is 3. The summed E-state index contributed by atoms with van der Waals surface area (Å²) in [5, 5.41) is 5.19. The van der Waals surface area contributed by atoms with E-state index in [0.29, 0.717) is 21.7 Å². The minimum atomic E-state index is -5.21. The van der Waals surface area contributed by atoms with Crippen molar-refractivity contribution in [3.63, 3.8) is 0 Å². The topological polar surface area (TPSA) is 95.9 Å². The van der Waals surface area contributed by atoms with Crippen LogP contribution in [0.2, 0.25) is 10.0 Å². The van der Waals surface area contributed by atoms with E-state index in [4.69, 9.17) is 23.2 Å². The summed E-state index contributed by atoms with van der Waals surface area (Å²) in [5.74, 6) is -3.46. The van der Waals surface area contributed by atoms with Crippen molar-refractivity contribution in [2.75, 3.05) is 13.1 Å².